The maximum Gasteiger partial charge on any atom is 0.238 e. The van der Waals surface area contributed by atoms with E-state index in [-0.39, 0.29) is 35.0 Å². The van der Waals surface area contributed by atoms with Crippen LogP contribution < -0.4 is 10.1 Å². The molecule has 1 amide bonds. The van der Waals surface area contributed by atoms with Gasteiger partial charge in [0.15, 0.2) is 9.84 Å². The van der Waals surface area contributed by atoms with E-state index in [4.69, 9.17) is 27.9 Å². The molecule has 1 N–H and O–H groups in total. The van der Waals surface area contributed by atoms with E-state index in [0.29, 0.717) is 23.7 Å². The molecular formula is C20H22Cl2N2O4S. The number of benzene rings is 2. The summed E-state index contributed by atoms with van der Waals surface area (Å²) in [4.78, 5) is 14.6. The molecule has 2 aromatic carbocycles. The highest BCUT2D eigenvalue weighted by Gasteiger charge is 2.33. The maximum atomic E-state index is 12.7. The van der Waals surface area contributed by atoms with Crippen LogP contribution in [0.25, 0.3) is 0 Å². The Balaban J connectivity index is 1.75. The molecule has 9 heteroatoms. The Morgan fingerprint density at radius 3 is 2.55 bits per heavy atom. The van der Waals surface area contributed by atoms with Crippen molar-refractivity contribution < 1.29 is 17.9 Å². The Hall–Kier alpha value is -1.80. The Kier molecular flexibility index (Phi) is 7.05. The number of ether oxygens (including phenoxy) is 1. The highest BCUT2D eigenvalue weighted by atomic mass is 35.5. The van der Waals surface area contributed by atoms with Crippen LogP contribution in [-0.2, 0) is 21.2 Å². The molecule has 29 heavy (non-hydrogen) atoms. The smallest absolute Gasteiger partial charge is 0.238 e. The summed E-state index contributed by atoms with van der Waals surface area (Å²) < 4.78 is 29.1. The third-order valence-corrected chi connectivity index (χ3v) is 7.41. The van der Waals surface area contributed by atoms with Gasteiger partial charge in [-0.2, -0.15) is 0 Å². The van der Waals surface area contributed by atoms with Gasteiger partial charge in [0.1, 0.15) is 5.75 Å². The lowest BCUT2D eigenvalue weighted by atomic mass is 10.1. The molecule has 0 saturated carbocycles. The highest BCUT2D eigenvalue weighted by Crippen LogP contribution is 2.29. The van der Waals surface area contributed by atoms with Crippen LogP contribution in [0.3, 0.4) is 0 Å². The number of sulfone groups is 1. The Bertz CT molecular complexity index is 980. The molecule has 0 aromatic heterocycles. The molecule has 6 nitrogen and oxygen atoms in total. The van der Waals surface area contributed by atoms with Gasteiger partial charge in [0.2, 0.25) is 5.91 Å². The van der Waals surface area contributed by atoms with E-state index in [1.807, 2.05) is 29.2 Å². The van der Waals surface area contributed by atoms with Crippen LogP contribution in [0, 0.1) is 0 Å². The monoisotopic (exact) mass is 456 g/mol. The van der Waals surface area contributed by atoms with E-state index in [9.17, 15) is 13.2 Å². The predicted molar refractivity (Wildman–Crippen MR) is 116 cm³/mol. The fraction of sp³-hybridized carbons (Fsp3) is 0.350. The van der Waals surface area contributed by atoms with Crippen molar-refractivity contribution >= 4 is 44.6 Å². The largest absolute Gasteiger partial charge is 0.497 e. The minimum absolute atomic E-state index is 0.0368. The van der Waals surface area contributed by atoms with Crippen LogP contribution in [-0.4, -0.2) is 50.4 Å². The van der Waals surface area contributed by atoms with E-state index >= 15 is 0 Å². The number of nitrogens with zero attached hydrogens (tertiary/aromatic N) is 1. The Morgan fingerprint density at radius 1 is 1.21 bits per heavy atom. The summed E-state index contributed by atoms with van der Waals surface area (Å²) in [5.41, 5.74) is 1.39. The van der Waals surface area contributed by atoms with Crippen molar-refractivity contribution in [2.24, 2.45) is 0 Å². The molecule has 1 heterocycles. The van der Waals surface area contributed by atoms with E-state index < -0.39 is 9.84 Å². The maximum absolute atomic E-state index is 12.7. The van der Waals surface area contributed by atoms with Crippen LogP contribution in [0.1, 0.15) is 12.0 Å². The Labute approximate surface area is 180 Å². The number of halogens is 2. The number of rotatable bonds is 7. The van der Waals surface area contributed by atoms with Gasteiger partial charge in [0, 0.05) is 12.6 Å². The molecule has 156 valence electrons. The number of methoxy groups -OCH3 is 1. The van der Waals surface area contributed by atoms with Crippen LogP contribution in [0.5, 0.6) is 5.75 Å². The predicted octanol–water partition coefficient (Wildman–Crippen LogP) is 3.63. The number of carbonyl (C=O) groups is 1. The topological polar surface area (TPSA) is 75.7 Å². The third kappa shape index (κ3) is 5.85. The molecule has 1 fully saturated rings. The molecular weight excluding hydrogens is 435 g/mol. The first-order valence-electron chi connectivity index (χ1n) is 9.08. The molecule has 0 spiro atoms. The lowest BCUT2D eigenvalue weighted by Gasteiger charge is -2.27. The minimum Gasteiger partial charge on any atom is -0.497 e. The van der Waals surface area contributed by atoms with Crippen molar-refractivity contribution in [2.75, 3.05) is 30.5 Å². The summed E-state index contributed by atoms with van der Waals surface area (Å²) in [7, 11) is -1.49. The molecule has 1 aliphatic rings. The number of carbonyl (C=O) groups excluding carboxylic acids is 1. The standard InChI is InChI=1S/C20H22Cl2N2O4S/c1-28-16-7-5-14(6-8-16)11-24(15-9-10-29(26,27)13-15)12-19(25)23-18-4-2-3-17(21)20(18)22/h2-8,15H,9-13H2,1H3,(H,23,25). The molecule has 1 aliphatic heterocycles. The SMILES string of the molecule is COc1ccc(CN(CC(=O)Nc2cccc(Cl)c2Cl)C2CCS(=O)(=O)C2)cc1. The quantitative estimate of drug-likeness (QED) is 0.688. The zero-order valence-electron chi connectivity index (χ0n) is 15.9. The molecule has 1 saturated heterocycles. The van der Waals surface area contributed by atoms with Gasteiger partial charge in [-0.05, 0) is 36.2 Å². The molecule has 2 aromatic rings. The van der Waals surface area contributed by atoms with Gasteiger partial charge in [-0.15, -0.1) is 0 Å². The highest BCUT2D eigenvalue weighted by molar-refractivity contribution is 7.91. The van der Waals surface area contributed by atoms with E-state index in [1.54, 1.807) is 25.3 Å². The fourth-order valence-corrected chi connectivity index (χ4v) is 5.43. The van der Waals surface area contributed by atoms with Crippen molar-refractivity contribution in [3.05, 3.63) is 58.1 Å². The van der Waals surface area contributed by atoms with Gasteiger partial charge in [-0.25, -0.2) is 8.42 Å². The number of nitrogens with one attached hydrogen (secondary N) is 1. The fourth-order valence-electron chi connectivity index (χ4n) is 3.32. The second-order valence-corrected chi connectivity index (χ2v) is 9.97. The van der Waals surface area contributed by atoms with Crippen molar-refractivity contribution in [1.82, 2.24) is 4.90 Å². The minimum atomic E-state index is -3.08. The van der Waals surface area contributed by atoms with Gasteiger partial charge in [-0.1, -0.05) is 41.4 Å². The molecule has 0 radical (unpaired) electrons. The normalized spacial score (nSPS) is 18.0. The first-order valence-corrected chi connectivity index (χ1v) is 11.7. The Morgan fingerprint density at radius 2 is 1.93 bits per heavy atom. The number of amides is 1. The molecule has 0 aliphatic carbocycles. The van der Waals surface area contributed by atoms with E-state index in [1.165, 1.54) is 0 Å². The average molecular weight is 457 g/mol. The molecule has 1 unspecified atom stereocenters. The van der Waals surface area contributed by atoms with Crippen LogP contribution in [0.15, 0.2) is 42.5 Å². The summed E-state index contributed by atoms with van der Waals surface area (Å²) in [5.74, 6) is 0.636. The second-order valence-electron chi connectivity index (χ2n) is 6.96. The van der Waals surface area contributed by atoms with E-state index in [2.05, 4.69) is 5.32 Å². The van der Waals surface area contributed by atoms with Gasteiger partial charge in [-0.3, -0.25) is 9.69 Å². The van der Waals surface area contributed by atoms with Crippen molar-refractivity contribution in [3.8, 4) is 5.75 Å². The lowest BCUT2D eigenvalue weighted by Crippen LogP contribution is -2.41. The van der Waals surface area contributed by atoms with Crippen molar-refractivity contribution in [3.63, 3.8) is 0 Å². The zero-order valence-corrected chi connectivity index (χ0v) is 18.2. The van der Waals surface area contributed by atoms with Crippen molar-refractivity contribution in [2.45, 2.75) is 19.0 Å². The summed E-state index contributed by atoms with van der Waals surface area (Å²) in [6.07, 6.45) is 0.504. The lowest BCUT2D eigenvalue weighted by molar-refractivity contribution is -0.117. The summed E-state index contributed by atoms with van der Waals surface area (Å²) in [6, 6.07) is 12.3. The third-order valence-electron chi connectivity index (χ3n) is 4.84. The number of hydrogen-bond donors (Lipinski definition) is 1. The van der Waals surface area contributed by atoms with Gasteiger partial charge < -0.3 is 10.1 Å². The van der Waals surface area contributed by atoms with Gasteiger partial charge in [0.05, 0.1) is 40.9 Å². The second kappa shape index (κ2) is 9.34. The van der Waals surface area contributed by atoms with E-state index in [0.717, 1.165) is 11.3 Å². The number of anilines is 1. The van der Waals surface area contributed by atoms with Crippen LogP contribution >= 0.6 is 23.2 Å². The van der Waals surface area contributed by atoms with Crippen molar-refractivity contribution in [1.29, 1.82) is 0 Å². The summed E-state index contributed by atoms with van der Waals surface area (Å²) >= 11 is 12.1. The number of hydrogen-bond acceptors (Lipinski definition) is 5. The van der Waals surface area contributed by atoms with Crippen LogP contribution in [0.2, 0.25) is 10.0 Å². The molecule has 3 rings (SSSR count). The summed E-state index contributed by atoms with van der Waals surface area (Å²) in [5, 5.41) is 3.38. The first-order chi connectivity index (χ1) is 13.8. The zero-order chi connectivity index (χ0) is 21.0. The average Bonchev–Trinajstić information content (AvgIpc) is 3.05. The molecule has 1 atom stereocenters. The molecule has 0 bridgehead atoms. The van der Waals surface area contributed by atoms with Gasteiger partial charge in [0.25, 0.3) is 0 Å². The van der Waals surface area contributed by atoms with Crippen LogP contribution in [0.4, 0.5) is 5.69 Å². The van der Waals surface area contributed by atoms with Gasteiger partial charge >= 0.3 is 0 Å². The summed E-state index contributed by atoms with van der Waals surface area (Å²) in [6.45, 7) is 0.482. The first kappa shape index (κ1) is 21.9.